The zero-order valence-corrected chi connectivity index (χ0v) is 18.3. The van der Waals surface area contributed by atoms with Crippen molar-refractivity contribution < 1.29 is 24.2 Å². The molecule has 2 aliphatic heterocycles. The molecule has 1 amide bonds. The molecular weight excluding hydrogens is 370 g/mol. The van der Waals surface area contributed by atoms with Crippen LogP contribution in [0.5, 0.6) is 5.75 Å². The van der Waals surface area contributed by atoms with E-state index < -0.39 is 6.10 Å². The number of carbonyl (C=O) groups excluding carboxylic acids is 2. The minimum absolute atomic E-state index is 0.0671. The third-order valence-corrected chi connectivity index (χ3v) is 5.78. The number of hydrogen-bond acceptors (Lipinski definition) is 5. The average Bonchev–Trinajstić information content (AvgIpc) is 2.90. The molecule has 0 unspecified atom stereocenters. The highest BCUT2D eigenvalue weighted by Crippen LogP contribution is 2.47. The molecule has 29 heavy (non-hydrogen) atoms. The smallest absolute Gasteiger partial charge is 0.308 e. The number of fused-ring (bicyclic) bond motifs is 1. The van der Waals surface area contributed by atoms with E-state index in [-0.39, 0.29) is 35.9 Å². The molecule has 6 heteroatoms. The molecule has 1 aromatic carbocycles. The SMILES string of the molecule is CC(=O)Nc1c(C)c2c(c(CC[C@H]3C[C@H](O)CC(=O)O3)c1C(C)C)OC(C)(C)C2. The second-order valence-electron chi connectivity index (χ2n) is 9.32. The lowest BCUT2D eigenvalue weighted by molar-refractivity contribution is -0.160. The number of rotatable bonds is 5. The van der Waals surface area contributed by atoms with E-state index in [1.807, 2.05) is 6.92 Å². The Bertz CT molecular complexity index is 827. The first-order chi connectivity index (χ1) is 13.5. The Balaban J connectivity index is 2.03. The summed E-state index contributed by atoms with van der Waals surface area (Å²) in [6, 6.07) is 0. The van der Waals surface area contributed by atoms with Crippen molar-refractivity contribution in [2.45, 2.75) is 97.4 Å². The molecule has 1 saturated heterocycles. The van der Waals surface area contributed by atoms with Crippen LogP contribution in [0.15, 0.2) is 0 Å². The van der Waals surface area contributed by atoms with Gasteiger partial charge in [0, 0.05) is 36.6 Å². The Morgan fingerprint density at radius 3 is 2.62 bits per heavy atom. The number of hydrogen-bond donors (Lipinski definition) is 2. The maximum atomic E-state index is 11.9. The van der Waals surface area contributed by atoms with Gasteiger partial charge in [0.2, 0.25) is 5.91 Å². The van der Waals surface area contributed by atoms with Gasteiger partial charge in [-0.2, -0.15) is 0 Å². The van der Waals surface area contributed by atoms with Crippen LogP contribution in [0.25, 0.3) is 0 Å². The molecule has 1 fully saturated rings. The molecule has 0 aliphatic carbocycles. The molecule has 0 radical (unpaired) electrons. The van der Waals surface area contributed by atoms with Crippen molar-refractivity contribution >= 4 is 17.6 Å². The summed E-state index contributed by atoms with van der Waals surface area (Å²) in [4.78, 5) is 23.6. The molecule has 2 heterocycles. The van der Waals surface area contributed by atoms with Gasteiger partial charge in [-0.1, -0.05) is 13.8 Å². The number of aliphatic hydroxyl groups is 1. The first-order valence-electron chi connectivity index (χ1n) is 10.5. The van der Waals surface area contributed by atoms with Gasteiger partial charge in [-0.25, -0.2) is 0 Å². The number of benzene rings is 1. The van der Waals surface area contributed by atoms with E-state index in [1.165, 1.54) is 6.92 Å². The summed E-state index contributed by atoms with van der Waals surface area (Å²) in [7, 11) is 0. The van der Waals surface area contributed by atoms with E-state index in [0.717, 1.165) is 40.1 Å². The second-order valence-corrected chi connectivity index (χ2v) is 9.32. The van der Waals surface area contributed by atoms with Crippen LogP contribution in [0.4, 0.5) is 5.69 Å². The summed E-state index contributed by atoms with van der Waals surface area (Å²) in [6.07, 6.45) is 1.63. The van der Waals surface area contributed by atoms with Crippen molar-refractivity contribution in [2.24, 2.45) is 0 Å². The molecule has 6 nitrogen and oxygen atoms in total. The molecule has 3 rings (SSSR count). The topological polar surface area (TPSA) is 84.9 Å². The van der Waals surface area contributed by atoms with Gasteiger partial charge in [0.1, 0.15) is 17.5 Å². The summed E-state index contributed by atoms with van der Waals surface area (Å²) < 4.78 is 11.8. The second kappa shape index (κ2) is 7.98. The van der Waals surface area contributed by atoms with Gasteiger partial charge < -0.3 is 19.9 Å². The number of anilines is 1. The Morgan fingerprint density at radius 2 is 2.03 bits per heavy atom. The van der Waals surface area contributed by atoms with Crippen molar-refractivity contribution in [3.05, 3.63) is 22.3 Å². The molecular formula is C23H33NO5. The van der Waals surface area contributed by atoms with Gasteiger partial charge in [-0.3, -0.25) is 9.59 Å². The lowest BCUT2D eigenvalue weighted by Gasteiger charge is -2.28. The third-order valence-electron chi connectivity index (χ3n) is 5.78. The maximum Gasteiger partial charge on any atom is 0.308 e. The first kappa shape index (κ1) is 21.6. The number of carbonyl (C=O) groups is 2. The van der Waals surface area contributed by atoms with Gasteiger partial charge in [0.15, 0.2) is 0 Å². The molecule has 0 spiro atoms. The highest BCUT2D eigenvalue weighted by atomic mass is 16.5. The number of aliphatic hydroxyl groups excluding tert-OH is 1. The van der Waals surface area contributed by atoms with E-state index in [9.17, 15) is 14.7 Å². The molecule has 0 saturated carbocycles. The normalized spacial score (nSPS) is 22.8. The standard InChI is InChI=1S/C23H33NO5/c1-12(2)20-17(8-7-16-9-15(26)10-19(27)28-16)22-18(11-23(5,6)29-22)13(3)21(20)24-14(4)25/h12,15-16,26H,7-11H2,1-6H3,(H,24,25)/t15-,16-/m0/s1. The van der Waals surface area contributed by atoms with Crippen LogP contribution in [0.2, 0.25) is 0 Å². The van der Waals surface area contributed by atoms with E-state index in [0.29, 0.717) is 19.3 Å². The molecule has 160 valence electrons. The van der Waals surface area contributed by atoms with Crippen LogP contribution >= 0.6 is 0 Å². The average molecular weight is 404 g/mol. The molecule has 1 aromatic rings. The van der Waals surface area contributed by atoms with Gasteiger partial charge in [-0.05, 0) is 50.7 Å². The van der Waals surface area contributed by atoms with Crippen molar-refractivity contribution in [3.8, 4) is 5.75 Å². The Hall–Kier alpha value is -2.08. The lowest BCUT2D eigenvalue weighted by Crippen LogP contribution is -2.33. The fraction of sp³-hybridized carbons (Fsp3) is 0.652. The maximum absolute atomic E-state index is 11.9. The highest BCUT2D eigenvalue weighted by Gasteiger charge is 2.37. The molecule has 0 aromatic heterocycles. The third kappa shape index (κ3) is 4.58. The predicted molar refractivity (Wildman–Crippen MR) is 111 cm³/mol. The van der Waals surface area contributed by atoms with Crippen molar-refractivity contribution in [1.29, 1.82) is 0 Å². The first-order valence-corrected chi connectivity index (χ1v) is 10.5. The number of nitrogens with one attached hydrogen (secondary N) is 1. The van der Waals surface area contributed by atoms with Crippen molar-refractivity contribution in [2.75, 3.05) is 5.32 Å². The zero-order chi connectivity index (χ0) is 21.5. The Labute approximate surface area is 173 Å². The summed E-state index contributed by atoms with van der Waals surface area (Å²) in [5.74, 6) is 0.655. The summed E-state index contributed by atoms with van der Waals surface area (Å²) in [6.45, 7) is 11.9. The molecule has 0 bridgehead atoms. The van der Waals surface area contributed by atoms with Gasteiger partial charge in [-0.15, -0.1) is 0 Å². The summed E-state index contributed by atoms with van der Waals surface area (Å²) in [5.41, 5.74) is 4.93. The zero-order valence-electron chi connectivity index (χ0n) is 18.3. The number of esters is 1. The lowest BCUT2D eigenvalue weighted by atomic mass is 9.85. The van der Waals surface area contributed by atoms with Crippen LogP contribution in [-0.2, 0) is 27.2 Å². The van der Waals surface area contributed by atoms with Gasteiger partial charge >= 0.3 is 5.97 Å². The van der Waals surface area contributed by atoms with Crippen LogP contribution in [0, 0.1) is 6.92 Å². The van der Waals surface area contributed by atoms with Gasteiger partial charge in [0.05, 0.1) is 12.5 Å². The molecule has 2 N–H and O–H groups in total. The van der Waals surface area contributed by atoms with Crippen LogP contribution in [0.3, 0.4) is 0 Å². The highest BCUT2D eigenvalue weighted by molar-refractivity contribution is 5.92. The molecule has 2 aliphatic rings. The van der Waals surface area contributed by atoms with E-state index in [4.69, 9.17) is 9.47 Å². The predicted octanol–water partition coefficient (Wildman–Crippen LogP) is 3.79. The summed E-state index contributed by atoms with van der Waals surface area (Å²) >= 11 is 0. The van der Waals surface area contributed by atoms with Crippen molar-refractivity contribution in [3.63, 3.8) is 0 Å². The molecule has 2 atom stereocenters. The Kier molecular flexibility index (Phi) is 5.95. The monoisotopic (exact) mass is 403 g/mol. The van der Waals surface area contributed by atoms with E-state index in [1.54, 1.807) is 0 Å². The van der Waals surface area contributed by atoms with Crippen molar-refractivity contribution in [1.82, 2.24) is 0 Å². The largest absolute Gasteiger partial charge is 0.487 e. The van der Waals surface area contributed by atoms with Crippen LogP contribution in [0.1, 0.15) is 82.1 Å². The van der Waals surface area contributed by atoms with Gasteiger partial charge in [0.25, 0.3) is 0 Å². The summed E-state index contributed by atoms with van der Waals surface area (Å²) in [5, 5.41) is 13.0. The van der Waals surface area contributed by atoms with E-state index >= 15 is 0 Å². The minimum atomic E-state index is -0.639. The van der Waals surface area contributed by atoms with Crippen LogP contribution in [-0.4, -0.2) is 34.8 Å². The van der Waals surface area contributed by atoms with E-state index in [2.05, 4.69) is 33.0 Å². The minimum Gasteiger partial charge on any atom is -0.487 e. The fourth-order valence-electron chi connectivity index (χ4n) is 4.62. The number of cyclic esters (lactones) is 1. The van der Waals surface area contributed by atoms with Crippen LogP contribution < -0.4 is 10.1 Å². The Morgan fingerprint density at radius 1 is 1.34 bits per heavy atom. The number of ether oxygens (including phenoxy) is 2. The number of amides is 1. The fourth-order valence-corrected chi connectivity index (χ4v) is 4.62. The quantitative estimate of drug-likeness (QED) is 0.731.